The van der Waals surface area contributed by atoms with Gasteiger partial charge in [0.25, 0.3) is 0 Å². The van der Waals surface area contributed by atoms with Gasteiger partial charge in [-0.1, -0.05) is 80.1 Å². The van der Waals surface area contributed by atoms with Gasteiger partial charge in [0.2, 0.25) is 17.4 Å². The monoisotopic (exact) mass is 804 g/mol. The quantitative estimate of drug-likeness (QED) is 0.0402. The predicted molar refractivity (Wildman–Crippen MR) is 200 cm³/mol. The number of ketones is 3. The SMILES string of the molecule is CCCCOC(C)(OCCCC)C(=O)CC(=O)[O-].CCCCOC(C)(OCCCC)C(=O)CC(=O)[O-].CCCCOC(C)(OCCCC)C(=O)CC(=O)[O-].[Al+3]. The van der Waals surface area contributed by atoms with E-state index in [0.717, 1.165) is 77.0 Å². The summed E-state index contributed by atoms with van der Waals surface area (Å²) in [7, 11) is 0. The number of hydrogen-bond acceptors (Lipinski definition) is 15. The Labute approximate surface area is 340 Å². The first-order valence-corrected chi connectivity index (χ1v) is 19.4. The van der Waals surface area contributed by atoms with Crippen molar-refractivity contribution in [2.45, 2.75) is 176 Å². The Morgan fingerprint density at radius 1 is 0.364 bits per heavy atom. The molecule has 0 heterocycles. The molecule has 0 fully saturated rings. The maximum absolute atomic E-state index is 11.8. The zero-order valence-electron chi connectivity index (χ0n) is 35.1. The van der Waals surface area contributed by atoms with Gasteiger partial charge in [-0.05, 0) is 59.3 Å². The summed E-state index contributed by atoms with van der Waals surface area (Å²) in [6, 6.07) is 0. The second kappa shape index (κ2) is 36.1. The third kappa shape index (κ3) is 31.5. The smallest absolute Gasteiger partial charge is 0.550 e. The molecule has 318 valence electrons. The van der Waals surface area contributed by atoms with Crippen LogP contribution in [0.2, 0.25) is 0 Å². The third-order valence-corrected chi connectivity index (χ3v) is 7.69. The Balaban J connectivity index is -0.000000351. The molecule has 0 aromatic heterocycles. The van der Waals surface area contributed by atoms with Gasteiger partial charge >= 0.3 is 17.4 Å². The number of carboxylic acids is 3. The molecule has 0 amide bonds. The van der Waals surface area contributed by atoms with Gasteiger partial charge in [-0.3, -0.25) is 14.4 Å². The fourth-order valence-electron chi connectivity index (χ4n) is 3.95. The summed E-state index contributed by atoms with van der Waals surface area (Å²) in [6.07, 6.45) is 8.31. The molecule has 15 nitrogen and oxygen atoms in total. The average molecular weight is 805 g/mol. The summed E-state index contributed by atoms with van der Waals surface area (Å²) in [6.45, 7) is 18.7. The van der Waals surface area contributed by atoms with Crippen molar-refractivity contribution < 1.29 is 72.5 Å². The molecule has 0 saturated carbocycles. The van der Waals surface area contributed by atoms with Crippen molar-refractivity contribution >= 4 is 52.6 Å². The minimum absolute atomic E-state index is 0. The van der Waals surface area contributed by atoms with Gasteiger partial charge in [0.1, 0.15) is 0 Å². The van der Waals surface area contributed by atoms with Gasteiger partial charge in [0.05, 0.1) is 58.9 Å². The average Bonchev–Trinajstić information content (AvgIpc) is 3.08. The summed E-state index contributed by atoms with van der Waals surface area (Å²) in [5, 5.41) is 31.4. The molecule has 0 spiro atoms. The summed E-state index contributed by atoms with van der Waals surface area (Å²) in [5.74, 6) is -10.4. The first kappa shape index (κ1) is 59.4. The zero-order valence-corrected chi connectivity index (χ0v) is 36.2. The van der Waals surface area contributed by atoms with E-state index in [1.54, 1.807) is 0 Å². The van der Waals surface area contributed by atoms with Gasteiger partial charge in [-0.25, -0.2) is 0 Å². The van der Waals surface area contributed by atoms with E-state index >= 15 is 0 Å². The van der Waals surface area contributed by atoms with Crippen molar-refractivity contribution in [2.24, 2.45) is 0 Å². The Bertz CT molecular complexity index is 892. The minimum atomic E-state index is -1.47. The van der Waals surface area contributed by atoms with Gasteiger partial charge in [0.15, 0.2) is 17.3 Å². The van der Waals surface area contributed by atoms with Crippen molar-refractivity contribution in [3.63, 3.8) is 0 Å². The summed E-state index contributed by atoms with van der Waals surface area (Å²) < 4.78 is 32.5. The topological polar surface area (TPSA) is 227 Å². The predicted octanol–water partition coefficient (Wildman–Crippen LogP) is 2.75. The number of carbonyl (C=O) groups is 6. The molecule has 0 aromatic rings. The second-order valence-corrected chi connectivity index (χ2v) is 13.0. The molecule has 0 aliphatic heterocycles. The number of carbonyl (C=O) groups excluding carboxylic acids is 6. The van der Waals surface area contributed by atoms with Crippen LogP contribution in [0.25, 0.3) is 0 Å². The van der Waals surface area contributed by atoms with E-state index in [4.69, 9.17) is 28.4 Å². The van der Waals surface area contributed by atoms with Gasteiger partial charge in [-0.2, -0.15) is 0 Å². The zero-order chi connectivity index (χ0) is 42.1. The molecule has 0 aromatic carbocycles. The van der Waals surface area contributed by atoms with E-state index in [-0.39, 0.29) is 17.4 Å². The molecule has 0 N–H and O–H groups in total. The third-order valence-electron chi connectivity index (χ3n) is 7.69. The molecule has 16 heteroatoms. The number of aliphatic carboxylic acids is 3. The number of carboxylic acid groups (broad SMARTS) is 3. The van der Waals surface area contributed by atoms with Crippen LogP contribution in [0.4, 0.5) is 0 Å². The molecular formula is C39H69AlO15. The normalized spacial score (nSPS) is 11.3. The Morgan fingerprint density at radius 2 is 0.509 bits per heavy atom. The Morgan fingerprint density at radius 3 is 0.618 bits per heavy atom. The molecule has 0 radical (unpaired) electrons. The van der Waals surface area contributed by atoms with Crippen LogP contribution in [0.5, 0.6) is 0 Å². The van der Waals surface area contributed by atoms with Crippen molar-refractivity contribution in [1.29, 1.82) is 0 Å². The fourth-order valence-corrected chi connectivity index (χ4v) is 3.95. The number of ether oxygens (including phenoxy) is 6. The van der Waals surface area contributed by atoms with Crippen LogP contribution in [-0.2, 0) is 57.2 Å². The molecule has 55 heavy (non-hydrogen) atoms. The maximum Gasteiger partial charge on any atom is 3.00 e. The van der Waals surface area contributed by atoms with E-state index in [0.29, 0.717) is 39.6 Å². The maximum atomic E-state index is 11.8. The molecule has 0 aliphatic rings. The first-order valence-electron chi connectivity index (χ1n) is 19.4. The molecule has 0 rings (SSSR count). The fraction of sp³-hybridized carbons (Fsp3) is 0.846. The molecule has 0 atom stereocenters. The van der Waals surface area contributed by atoms with E-state index in [9.17, 15) is 44.1 Å². The standard InChI is InChI=1S/3C13H24O5.Al/c3*1-4-6-8-17-13(3,18-9-7-5-2)11(14)10-12(15)16;/h3*4-10H2,1-3H3,(H,15,16);/q;;;+3/p-3. The van der Waals surface area contributed by atoms with Crippen molar-refractivity contribution in [2.75, 3.05) is 39.6 Å². The van der Waals surface area contributed by atoms with Crippen molar-refractivity contribution in [3.8, 4) is 0 Å². The first-order chi connectivity index (χ1) is 25.4. The summed E-state index contributed by atoms with van der Waals surface area (Å²) in [4.78, 5) is 66.8. The summed E-state index contributed by atoms with van der Waals surface area (Å²) in [5.41, 5.74) is 0. The van der Waals surface area contributed by atoms with E-state index in [1.165, 1.54) is 20.8 Å². The van der Waals surface area contributed by atoms with Crippen LogP contribution in [0.15, 0.2) is 0 Å². The largest absolute Gasteiger partial charge is 3.00 e. The minimum Gasteiger partial charge on any atom is -0.550 e. The van der Waals surface area contributed by atoms with Crippen LogP contribution >= 0.6 is 0 Å². The van der Waals surface area contributed by atoms with Crippen LogP contribution < -0.4 is 15.3 Å². The Hall–Kier alpha value is -2.29. The Kier molecular flexibility index (Phi) is 39.0. The van der Waals surface area contributed by atoms with Gasteiger partial charge in [0, 0.05) is 17.9 Å². The van der Waals surface area contributed by atoms with Crippen LogP contribution in [0.1, 0.15) is 159 Å². The van der Waals surface area contributed by atoms with Crippen molar-refractivity contribution in [3.05, 3.63) is 0 Å². The second-order valence-electron chi connectivity index (χ2n) is 13.0. The van der Waals surface area contributed by atoms with Crippen LogP contribution in [-0.4, -0.2) is 110 Å². The molecule has 0 bridgehead atoms. The number of rotatable bonds is 33. The van der Waals surface area contributed by atoms with Crippen LogP contribution in [0, 0.1) is 0 Å². The van der Waals surface area contributed by atoms with Crippen LogP contribution in [0.3, 0.4) is 0 Å². The van der Waals surface area contributed by atoms with E-state index in [1.807, 2.05) is 41.5 Å². The van der Waals surface area contributed by atoms with E-state index in [2.05, 4.69) is 0 Å². The number of Topliss-reactive ketones (excluding diaryl/α,β-unsaturated/α-hetero) is 3. The molecule has 0 saturated heterocycles. The molecule has 0 aliphatic carbocycles. The molecular weight excluding hydrogens is 735 g/mol. The van der Waals surface area contributed by atoms with E-state index < -0.39 is 71.9 Å². The van der Waals surface area contributed by atoms with Gasteiger partial charge in [-0.15, -0.1) is 0 Å². The van der Waals surface area contributed by atoms with Gasteiger partial charge < -0.3 is 58.1 Å². The molecule has 0 unspecified atom stereocenters. The van der Waals surface area contributed by atoms with Crippen molar-refractivity contribution in [1.82, 2.24) is 0 Å². The summed E-state index contributed by atoms with van der Waals surface area (Å²) >= 11 is 0. The number of hydrogen-bond donors (Lipinski definition) is 0. The number of unbranched alkanes of at least 4 members (excludes halogenated alkanes) is 6.